The fraction of sp³-hybridized carbons (Fsp3) is 0.143. The molecule has 7 nitrogen and oxygen atoms in total. The normalized spacial score (nSPS) is 11.6. The molecule has 3 rings (SSSR count). The Morgan fingerprint density at radius 3 is 2.43 bits per heavy atom. The molecule has 0 atom stereocenters. The van der Waals surface area contributed by atoms with Gasteiger partial charge in [-0.05, 0) is 46.9 Å². The molecule has 0 saturated carbocycles. The molecule has 0 bridgehead atoms. The third-order valence-electron chi connectivity index (χ3n) is 3.24. The van der Waals surface area contributed by atoms with Crippen LogP contribution in [0.25, 0.3) is 11.0 Å². The Kier molecular flexibility index (Phi) is 4.15. The predicted molar refractivity (Wildman–Crippen MR) is 92.4 cm³/mol. The van der Waals surface area contributed by atoms with Crippen molar-refractivity contribution < 1.29 is 17.9 Å². The lowest BCUT2D eigenvalue weighted by Crippen LogP contribution is -2.12. The highest BCUT2D eigenvalue weighted by molar-refractivity contribution is 14.1. The van der Waals surface area contributed by atoms with Crippen LogP contribution < -0.4 is 9.47 Å². The van der Waals surface area contributed by atoms with Crippen molar-refractivity contribution in [1.29, 1.82) is 0 Å². The van der Waals surface area contributed by atoms with Gasteiger partial charge in [-0.25, -0.2) is 17.4 Å². The number of ether oxygens (including phenoxy) is 2. The summed E-state index contributed by atoms with van der Waals surface area (Å²) < 4.78 is 37.7. The Labute approximate surface area is 146 Å². The third kappa shape index (κ3) is 2.74. The van der Waals surface area contributed by atoms with Gasteiger partial charge in [-0.2, -0.15) is 4.98 Å². The standard InChI is InChI=1S/C14H12IN3O4S/c1-21-9-3-5-10(6-4-9)23(19,20)18-8-12(15)11-7-16-14(22-2)17-13(11)18/h3-8H,1-2H3. The first-order chi connectivity index (χ1) is 11.0. The van der Waals surface area contributed by atoms with Crippen molar-refractivity contribution in [2.45, 2.75) is 4.90 Å². The molecule has 0 saturated heterocycles. The molecule has 1 aromatic carbocycles. The lowest BCUT2D eigenvalue weighted by atomic mass is 10.3. The SMILES string of the molecule is COc1ccc(S(=O)(=O)n2cc(I)c3cnc(OC)nc32)cc1. The highest BCUT2D eigenvalue weighted by Crippen LogP contribution is 2.27. The summed E-state index contributed by atoms with van der Waals surface area (Å²) in [4.78, 5) is 8.32. The number of benzene rings is 1. The van der Waals surface area contributed by atoms with E-state index in [0.717, 1.165) is 7.54 Å². The summed E-state index contributed by atoms with van der Waals surface area (Å²) in [6.07, 6.45) is 3.06. The van der Waals surface area contributed by atoms with Crippen LogP contribution >= 0.6 is 22.6 Å². The van der Waals surface area contributed by atoms with Gasteiger partial charge in [0.25, 0.3) is 10.0 Å². The number of nitrogens with zero attached hydrogens (tertiary/aromatic N) is 3. The molecular weight excluding hydrogens is 433 g/mol. The average molecular weight is 445 g/mol. The van der Waals surface area contributed by atoms with Crippen LogP contribution in [0.5, 0.6) is 11.8 Å². The zero-order valence-corrected chi connectivity index (χ0v) is 15.2. The molecule has 2 heterocycles. The maximum absolute atomic E-state index is 12.9. The van der Waals surface area contributed by atoms with Crippen molar-refractivity contribution in [3.8, 4) is 11.8 Å². The number of fused-ring (bicyclic) bond motifs is 1. The summed E-state index contributed by atoms with van der Waals surface area (Å²) in [5.41, 5.74) is 0.275. The minimum Gasteiger partial charge on any atom is -0.497 e. The smallest absolute Gasteiger partial charge is 0.318 e. The molecule has 23 heavy (non-hydrogen) atoms. The van der Waals surface area contributed by atoms with Gasteiger partial charge in [-0.3, -0.25) is 0 Å². The van der Waals surface area contributed by atoms with Crippen molar-refractivity contribution in [3.05, 3.63) is 40.2 Å². The van der Waals surface area contributed by atoms with Crippen molar-refractivity contribution in [1.82, 2.24) is 13.9 Å². The lowest BCUT2D eigenvalue weighted by Gasteiger charge is -2.08. The van der Waals surface area contributed by atoms with E-state index in [-0.39, 0.29) is 16.6 Å². The van der Waals surface area contributed by atoms with Crippen LogP contribution in [0.4, 0.5) is 0 Å². The molecule has 0 unspecified atom stereocenters. The number of aromatic nitrogens is 3. The topological polar surface area (TPSA) is 83.3 Å². The second-order valence-corrected chi connectivity index (χ2v) is 7.52. The Balaban J connectivity index is 2.21. The van der Waals surface area contributed by atoms with Gasteiger partial charge in [0.15, 0.2) is 5.65 Å². The molecule has 0 spiro atoms. The molecule has 0 N–H and O–H groups in total. The zero-order chi connectivity index (χ0) is 16.6. The Morgan fingerprint density at radius 2 is 1.83 bits per heavy atom. The Hall–Kier alpha value is -1.88. The van der Waals surface area contributed by atoms with Gasteiger partial charge in [0, 0.05) is 16.0 Å². The Morgan fingerprint density at radius 1 is 1.13 bits per heavy atom. The van der Waals surface area contributed by atoms with Crippen molar-refractivity contribution >= 4 is 43.6 Å². The van der Waals surface area contributed by atoms with E-state index in [9.17, 15) is 8.42 Å². The first-order valence-corrected chi connectivity index (χ1v) is 8.96. The molecule has 3 aromatic rings. The maximum Gasteiger partial charge on any atom is 0.318 e. The second kappa shape index (κ2) is 5.96. The van der Waals surface area contributed by atoms with Crippen molar-refractivity contribution in [2.24, 2.45) is 0 Å². The molecule has 0 aliphatic heterocycles. The molecule has 0 aliphatic carbocycles. The van der Waals surface area contributed by atoms with Crippen LogP contribution in [-0.4, -0.2) is 36.6 Å². The van der Waals surface area contributed by atoms with Crippen molar-refractivity contribution in [2.75, 3.05) is 14.2 Å². The summed E-state index contributed by atoms with van der Waals surface area (Å²) >= 11 is 2.05. The quantitative estimate of drug-likeness (QED) is 0.574. The van der Waals surface area contributed by atoms with E-state index in [4.69, 9.17) is 9.47 Å². The van der Waals surface area contributed by atoms with Gasteiger partial charge < -0.3 is 9.47 Å². The van der Waals surface area contributed by atoms with E-state index in [0.29, 0.717) is 11.1 Å². The van der Waals surface area contributed by atoms with Crippen LogP contribution in [0.2, 0.25) is 0 Å². The van der Waals surface area contributed by atoms with Gasteiger partial charge in [0.05, 0.1) is 24.5 Å². The summed E-state index contributed by atoms with van der Waals surface area (Å²) in [6.45, 7) is 0. The summed E-state index contributed by atoms with van der Waals surface area (Å²) in [7, 11) is -0.834. The van der Waals surface area contributed by atoms with E-state index in [1.807, 2.05) is 22.6 Å². The molecular formula is C14H12IN3O4S. The molecule has 120 valence electrons. The highest BCUT2D eigenvalue weighted by Gasteiger charge is 2.22. The first-order valence-electron chi connectivity index (χ1n) is 6.44. The van der Waals surface area contributed by atoms with E-state index in [1.165, 1.54) is 32.5 Å². The van der Waals surface area contributed by atoms with Crippen LogP contribution in [0.15, 0.2) is 41.6 Å². The van der Waals surface area contributed by atoms with E-state index in [2.05, 4.69) is 9.97 Å². The summed E-state index contributed by atoms with van der Waals surface area (Å²) in [6, 6.07) is 6.28. The number of halogens is 1. The molecule has 2 aromatic heterocycles. The van der Waals surface area contributed by atoms with Gasteiger partial charge >= 0.3 is 6.01 Å². The largest absolute Gasteiger partial charge is 0.497 e. The van der Waals surface area contributed by atoms with Crippen molar-refractivity contribution in [3.63, 3.8) is 0 Å². The van der Waals surface area contributed by atoms with E-state index < -0.39 is 10.0 Å². The third-order valence-corrected chi connectivity index (χ3v) is 5.77. The highest BCUT2D eigenvalue weighted by atomic mass is 127. The lowest BCUT2D eigenvalue weighted by molar-refractivity contribution is 0.381. The van der Waals surface area contributed by atoms with Gasteiger partial charge in [0.2, 0.25) is 0 Å². The number of rotatable bonds is 4. The maximum atomic E-state index is 12.9. The second-order valence-electron chi connectivity index (χ2n) is 4.55. The molecule has 9 heteroatoms. The minimum atomic E-state index is -3.78. The number of hydrogen-bond donors (Lipinski definition) is 0. The fourth-order valence-corrected chi connectivity index (χ4v) is 4.24. The number of methoxy groups -OCH3 is 2. The van der Waals surface area contributed by atoms with Crippen LogP contribution in [0.3, 0.4) is 0 Å². The fourth-order valence-electron chi connectivity index (χ4n) is 2.07. The zero-order valence-electron chi connectivity index (χ0n) is 12.2. The minimum absolute atomic E-state index is 0.109. The van der Waals surface area contributed by atoms with E-state index >= 15 is 0 Å². The van der Waals surface area contributed by atoms with Crippen LogP contribution in [-0.2, 0) is 10.0 Å². The average Bonchev–Trinajstić information content (AvgIpc) is 2.92. The van der Waals surface area contributed by atoms with E-state index in [1.54, 1.807) is 18.3 Å². The Bertz CT molecular complexity index is 968. The van der Waals surface area contributed by atoms with Crippen LogP contribution in [0, 0.1) is 3.57 Å². The van der Waals surface area contributed by atoms with Gasteiger partial charge in [0.1, 0.15) is 5.75 Å². The summed E-state index contributed by atoms with van der Waals surface area (Å²) in [5.74, 6) is 0.583. The first kappa shape index (κ1) is 16.0. The van der Waals surface area contributed by atoms with Gasteiger partial charge in [-0.15, -0.1) is 0 Å². The van der Waals surface area contributed by atoms with Gasteiger partial charge in [-0.1, -0.05) is 0 Å². The number of hydrogen-bond acceptors (Lipinski definition) is 6. The monoisotopic (exact) mass is 445 g/mol. The molecule has 0 amide bonds. The molecule has 0 fully saturated rings. The summed E-state index contributed by atoms with van der Waals surface area (Å²) in [5, 5.41) is 0.642. The molecule has 0 aliphatic rings. The predicted octanol–water partition coefficient (Wildman–Crippen LogP) is 2.29. The van der Waals surface area contributed by atoms with Crippen LogP contribution in [0.1, 0.15) is 0 Å². The molecule has 0 radical (unpaired) electrons.